The van der Waals surface area contributed by atoms with Gasteiger partial charge in [-0.25, -0.2) is 14.6 Å². The van der Waals surface area contributed by atoms with Crippen LogP contribution >= 0.6 is 0 Å². The molecule has 4 aromatic rings. The average molecular weight is 396 g/mol. The van der Waals surface area contributed by atoms with E-state index < -0.39 is 0 Å². The summed E-state index contributed by atoms with van der Waals surface area (Å²) in [5.74, 6) is 0.778. The lowest BCUT2D eigenvalue weighted by atomic mass is 10.1. The van der Waals surface area contributed by atoms with Crippen LogP contribution in [0.4, 0.5) is 0 Å². The second kappa shape index (κ2) is 7.80. The molecule has 3 aromatic heterocycles. The maximum atomic E-state index is 4.82. The first-order chi connectivity index (χ1) is 14.7. The topological polar surface area (TPSA) is 59.7 Å². The molecule has 150 valence electrons. The molecule has 0 spiro atoms. The minimum atomic E-state index is 0.778. The van der Waals surface area contributed by atoms with Gasteiger partial charge in [-0.05, 0) is 38.1 Å². The van der Waals surface area contributed by atoms with Crippen molar-refractivity contribution in [3.05, 3.63) is 89.3 Å². The molecule has 0 saturated carbocycles. The average Bonchev–Trinajstić information content (AvgIpc) is 3.08. The zero-order valence-electron chi connectivity index (χ0n) is 17.3. The molecule has 0 amide bonds. The van der Waals surface area contributed by atoms with Gasteiger partial charge in [0.2, 0.25) is 0 Å². The van der Waals surface area contributed by atoms with E-state index in [1.165, 1.54) is 16.8 Å². The molecule has 1 aliphatic rings. The number of fused-ring (bicyclic) bond motifs is 1. The van der Waals surface area contributed by atoms with E-state index in [4.69, 9.17) is 10.1 Å². The van der Waals surface area contributed by atoms with E-state index in [-0.39, 0.29) is 0 Å². The Morgan fingerprint density at radius 2 is 1.80 bits per heavy atom. The quantitative estimate of drug-likeness (QED) is 0.524. The first-order valence-electron chi connectivity index (χ1n) is 10.3. The van der Waals surface area contributed by atoms with Crippen molar-refractivity contribution in [3.63, 3.8) is 0 Å². The summed E-state index contributed by atoms with van der Waals surface area (Å²) in [5.41, 5.74) is 8.07. The molecule has 6 heteroatoms. The largest absolute Gasteiger partial charge is 0.294 e. The van der Waals surface area contributed by atoms with E-state index in [2.05, 4.69) is 40.8 Å². The van der Waals surface area contributed by atoms with Gasteiger partial charge in [0.25, 0.3) is 0 Å². The Bertz CT molecular complexity index is 1170. The minimum Gasteiger partial charge on any atom is -0.294 e. The lowest BCUT2D eigenvalue weighted by Gasteiger charge is -2.28. The van der Waals surface area contributed by atoms with Crippen molar-refractivity contribution >= 4 is 0 Å². The van der Waals surface area contributed by atoms with E-state index >= 15 is 0 Å². The lowest BCUT2D eigenvalue weighted by Crippen LogP contribution is -2.31. The van der Waals surface area contributed by atoms with Gasteiger partial charge in [0, 0.05) is 67.0 Å². The SMILES string of the molecule is Cc1nn(-c2ccccc2)c(C)c1CN1CCc2nc(-c3ccncc3)ncc2C1. The van der Waals surface area contributed by atoms with Crippen molar-refractivity contribution in [2.24, 2.45) is 0 Å². The zero-order chi connectivity index (χ0) is 20.5. The van der Waals surface area contributed by atoms with Crippen LogP contribution in [0.15, 0.2) is 61.1 Å². The Kier molecular flexibility index (Phi) is 4.85. The van der Waals surface area contributed by atoms with E-state index in [0.29, 0.717) is 0 Å². The molecule has 0 aliphatic carbocycles. The molecule has 6 nitrogen and oxygen atoms in total. The standard InChI is InChI=1S/C24H24N6/c1-17-22(18(2)30(28-17)21-6-4-3-5-7-21)16-29-13-10-23-20(15-29)14-26-24(27-23)19-8-11-25-12-9-19/h3-9,11-12,14H,10,13,15-16H2,1-2H3. The summed E-state index contributed by atoms with van der Waals surface area (Å²) in [4.78, 5) is 16.0. The van der Waals surface area contributed by atoms with Crippen molar-refractivity contribution in [2.75, 3.05) is 6.54 Å². The Hall–Kier alpha value is -3.38. The molecule has 0 N–H and O–H groups in total. The Labute approximate surface area is 176 Å². The van der Waals surface area contributed by atoms with Crippen molar-refractivity contribution in [1.29, 1.82) is 0 Å². The Balaban J connectivity index is 1.36. The Morgan fingerprint density at radius 3 is 2.60 bits per heavy atom. The van der Waals surface area contributed by atoms with Gasteiger partial charge in [0.05, 0.1) is 17.1 Å². The molecule has 1 aromatic carbocycles. The summed E-state index contributed by atoms with van der Waals surface area (Å²) >= 11 is 0. The fourth-order valence-electron chi connectivity index (χ4n) is 4.10. The van der Waals surface area contributed by atoms with Crippen LogP contribution in [0.2, 0.25) is 0 Å². The van der Waals surface area contributed by atoms with Crippen LogP contribution in [-0.2, 0) is 19.5 Å². The predicted octanol–water partition coefficient (Wildman–Crippen LogP) is 3.90. The summed E-state index contributed by atoms with van der Waals surface area (Å²) in [7, 11) is 0. The fourth-order valence-corrected chi connectivity index (χ4v) is 4.10. The number of para-hydroxylation sites is 1. The van der Waals surface area contributed by atoms with Gasteiger partial charge in [0.1, 0.15) is 0 Å². The van der Waals surface area contributed by atoms with Gasteiger partial charge < -0.3 is 0 Å². The minimum absolute atomic E-state index is 0.778. The Morgan fingerprint density at radius 1 is 1.00 bits per heavy atom. The van der Waals surface area contributed by atoms with Crippen LogP contribution in [0.3, 0.4) is 0 Å². The highest BCUT2D eigenvalue weighted by atomic mass is 15.3. The molecule has 0 unspecified atom stereocenters. The number of pyridine rings is 1. The second-order valence-corrected chi connectivity index (χ2v) is 7.76. The smallest absolute Gasteiger partial charge is 0.159 e. The molecule has 5 rings (SSSR count). The summed E-state index contributed by atoms with van der Waals surface area (Å²) in [6, 6.07) is 14.2. The van der Waals surface area contributed by atoms with Crippen LogP contribution in [0.25, 0.3) is 17.1 Å². The number of nitrogens with zero attached hydrogens (tertiary/aromatic N) is 6. The zero-order valence-corrected chi connectivity index (χ0v) is 17.3. The highest BCUT2D eigenvalue weighted by Crippen LogP contribution is 2.24. The predicted molar refractivity (Wildman–Crippen MR) is 116 cm³/mol. The van der Waals surface area contributed by atoms with Gasteiger partial charge in [-0.1, -0.05) is 18.2 Å². The summed E-state index contributed by atoms with van der Waals surface area (Å²) in [6.07, 6.45) is 6.47. The second-order valence-electron chi connectivity index (χ2n) is 7.76. The number of aryl methyl sites for hydroxylation is 1. The van der Waals surface area contributed by atoms with Gasteiger partial charge >= 0.3 is 0 Å². The third-order valence-electron chi connectivity index (χ3n) is 5.78. The van der Waals surface area contributed by atoms with Crippen LogP contribution in [0.1, 0.15) is 28.2 Å². The van der Waals surface area contributed by atoms with Crippen molar-refractivity contribution in [2.45, 2.75) is 33.4 Å². The number of hydrogen-bond acceptors (Lipinski definition) is 5. The molecule has 0 fully saturated rings. The third-order valence-corrected chi connectivity index (χ3v) is 5.78. The van der Waals surface area contributed by atoms with Gasteiger partial charge in [-0.2, -0.15) is 5.10 Å². The molecule has 4 heterocycles. The first kappa shape index (κ1) is 18.6. The maximum absolute atomic E-state index is 4.82. The highest BCUT2D eigenvalue weighted by molar-refractivity contribution is 5.54. The molecule has 0 radical (unpaired) electrons. The monoisotopic (exact) mass is 396 g/mol. The molecule has 0 saturated heterocycles. The maximum Gasteiger partial charge on any atom is 0.159 e. The van der Waals surface area contributed by atoms with Gasteiger partial charge in [-0.15, -0.1) is 0 Å². The summed E-state index contributed by atoms with van der Waals surface area (Å²) in [5, 5.41) is 4.80. The number of benzene rings is 1. The van der Waals surface area contributed by atoms with E-state index in [1.807, 2.05) is 41.2 Å². The number of hydrogen-bond donors (Lipinski definition) is 0. The van der Waals surface area contributed by atoms with E-state index in [0.717, 1.165) is 54.5 Å². The molecular weight excluding hydrogens is 372 g/mol. The van der Waals surface area contributed by atoms with Gasteiger partial charge in [0.15, 0.2) is 5.82 Å². The third kappa shape index (κ3) is 3.50. The molecule has 0 bridgehead atoms. The first-order valence-corrected chi connectivity index (χ1v) is 10.3. The van der Waals surface area contributed by atoms with Crippen LogP contribution in [0, 0.1) is 13.8 Å². The van der Waals surface area contributed by atoms with Crippen molar-refractivity contribution < 1.29 is 0 Å². The van der Waals surface area contributed by atoms with Crippen LogP contribution in [0.5, 0.6) is 0 Å². The normalized spacial score (nSPS) is 13.9. The number of rotatable bonds is 4. The highest BCUT2D eigenvalue weighted by Gasteiger charge is 2.22. The van der Waals surface area contributed by atoms with Crippen LogP contribution < -0.4 is 0 Å². The van der Waals surface area contributed by atoms with E-state index in [9.17, 15) is 0 Å². The molecule has 0 atom stereocenters. The lowest BCUT2D eigenvalue weighted by molar-refractivity contribution is 0.242. The molecule has 30 heavy (non-hydrogen) atoms. The number of aromatic nitrogens is 5. The summed E-state index contributed by atoms with van der Waals surface area (Å²) < 4.78 is 2.05. The fraction of sp³-hybridized carbons (Fsp3) is 0.250. The van der Waals surface area contributed by atoms with Crippen LogP contribution in [-0.4, -0.2) is 36.2 Å². The van der Waals surface area contributed by atoms with Crippen molar-refractivity contribution in [3.8, 4) is 17.1 Å². The van der Waals surface area contributed by atoms with Crippen molar-refractivity contribution in [1.82, 2.24) is 29.6 Å². The molecule has 1 aliphatic heterocycles. The summed E-state index contributed by atoms with van der Waals surface area (Å²) in [6.45, 7) is 6.99. The van der Waals surface area contributed by atoms with Gasteiger partial charge in [-0.3, -0.25) is 9.88 Å². The van der Waals surface area contributed by atoms with E-state index in [1.54, 1.807) is 12.4 Å². The molecular formula is C24H24N6.